The summed E-state index contributed by atoms with van der Waals surface area (Å²) in [5.41, 5.74) is 1.11. The highest BCUT2D eigenvalue weighted by atomic mass is 32.2. The fourth-order valence-electron chi connectivity index (χ4n) is 2.95. The molecule has 2 amide bonds. The number of amides is 2. The van der Waals surface area contributed by atoms with Gasteiger partial charge in [-0.25, -0.2) is 8.42 Å². The number of para-hydroxylation sites is 1. The first-order valence-corrected chi connectivity index (χ1v) is 11.6. The molecule has 9 heteroatoms. The van der Waals surface area contributed by atoms with Gasteiger partial charge in [0.25, 0.3) is 5.91 Å². The fraction of sp³-hybridized carbons (Fsp3) is 0.364. The highest BCUT2D eigenvalue weighted by Gasteiger charge is 2.21. The molecule has 0 bridgehead atoms. The summed E-state index contributed by atoms with van der Waals surface area (Å²) >= 11 is 0. The van der Waals surface area contributed by atoms with Crippen LogP contribution >= 0.6 is 0 Å². The number of nitrogens with one attached hydrogen (secondary N) is 2. The standard InChI is InChI=1S/C22H29N3O5S/c1-4-25(5-2)31(28,29)18-13-11-17(12-14-18)15-23-21(26)16-24-22(27)19-9-7-8-10-20(19)30-6-3/h7-14H,4-6,15-16H2,1-3H3,(H,23,26)(H,24,27). The maximum atomic E-state index is 12.5. The first kappa shape index (κ1) is 24.4. The van der Waals surface area contributed by atoms with Crippen molar-refractivity contribution in [2.45, 2.75) is 32.2 Å². The maximum Gasteiger partial charge on any atom is 0.255 e. The third-order valence-electron chi connectivity index (χ3n) is 4.60. The van der Waals surface area contributed by atoms with Crippen molar-refractivity contribution in [1.82, 2.24) is 14.9 Å². The van der Waals surface area contributed by atoms with Crippen LogP contribution in [0.3, 0.4) is 0 Å². The Balaban J connectivity index is 1.88. The van der Waals surface area contributed by atoms with Crippen LogP contribution in [0.1, 0.15) is 36.7 Å². The smallest absolute Gasteiger partial charge is 0.255 e. The number of hydrogen-bond donors (Lipinski definition) is 2. The number of nitrogens with zero attached hydrogens (tertiary/aromatic N) is 1. The minimum absolute atomic E-state index is 0.187. The molecule has 0 aliphatic heterocycles. The molecule has 2 rings (SSSR count). The molecular formula is C22H29N3O5S. The van der Waals surface area contributed by atoms with Crippen LogP contribution in [0.2, 0.25) is 0 Å². The first-order chi connectivity index (χ1) is 14.8. The third-order valence-corrected chi connectivity index (χ3v) is 6.66. The number of hydrogen-bond acceptors (Lipinski definition) is 5. The summed E-state index contributed by atoms with van der Waals surface area (Å²) in [7, 11) is -3.51. The van der Waals surface area contributed by atoms with Gasteiger partial charge < -0.3 is 15.4 Å². The zero-order valence-electron chi connectivity index (χ0n) is 18.1. The second-order valence-corrected chi connectivity index (χ2v) is 8.56. The summed E-state index contributed by atoms with van der Waals surface area (Å²) in [5, 5.41) is 5.28. The summed E-state index contributed by atoms with van der Waals surface area (Å²) in [4.78, 5) is 24.6. The lowest BCUT2D eigenvalue weighted by atomic mass is 10.2. The molecule has 2 aromatic carbocycles. The maximum absolute atomic E-state index is 12.5. The molecular weight excluding hydrogens is 418 g/mol. The molecule has 2 N–H and O–H groups in total. The second kappa shape index (κ2) is 11.5. The predicted molar refractivity (Wildman–Crippen MR) is 118 cm³/mol. The summed E-state index contributed by atoms with van der Waals surface area (Å²) in [5.74, 6) is -0.296. The molecule has 0 unspecified atom stereocenters. The first-order valence-electron chi connectivity index (χ1n) is 10.2. The topological polar surface area (TPSA) is 105 Å². The zero-order valence-corrected chi connectivity index (χ0v) is 18.9. The van der Waals surface area contributed by atoms with Crippen LogP contribution < -0.4 is 15.4 Å². The normalized spacial score (nSPS) is 11.2. The summed E-state index contributed by atoms with van der Waals surface area (Å²) in [6.45, 7) is 6.67. The molecule has 0 spiro atoms. The zero-order chi connectivity index (χ0) is 22.9. The molecule has 0 heterocycles. The van der Waals surface area contributed by atoms with Crippen molar-refractivity contribution in [1.29, 1.82) is 0 Å². The Morgan fingerprint density at radius 2 is 1.58 bits per heavy atom. The highest BCUT2D eigenvalue weighted by molar-refractivity contribution is 7.89. The molecule has 0 radical (unpaired) electrons. The van der Waals surface area contributed by atoms with E-state index in [1.807, 2.05) is 6.92 Å². The van der Waals surface area contributed by atoms with Crippen molar-refractivity contribution in [2.75, 3.05) is 26.2 Å². The van der Waals surface area contributed by atoms with E-state index in [1.54, 1.807) is 50.2 Å². The van der Waals surface area contributed by atoms with E-state index in [-0.39, 0.29) is 23.9 Å². The molecule has 0 saturated carbocycles. The van der Waals surface area contributed by atoms with E-state index in [1.165, 1.54) is 16.4 Å². The molecule has 0 fully saturated rings. The number of benzene rings is 2. The Labute approximate surface area is 183 Å². The summed E-state index contributed by atoms with van der Waals surface area (Å²) in [6.07, 6.45) is 0. The van der Waals surface area contributed by atoms with Crippen LogP contribution in [-0.2, 0) is 21.4 Å². The van der Waals surface area contributed by atoms with Crippen molar-refractivity contribution in [3.63, 3.8) is 0 Å². The Morgan fingerprint density at radius 3 is 2.19 bits per heavy atom. The van der Waals surface area contributed by atoms with Gasteiger partial charge in [-0.15, -0.1) is 0 Å². The number of rotatable bonds is 11. The molecule has 0 aliphatic rings. The van der Waals surface area contributed by atoms with E-state index in [9.17, 15) is 18.0 Å². The van der Waals surface area contributed by atoms with Crippen molar-refractivity contribution in [3.8, 4) is 5.75 Å². The van der Waals surface area contributed by atoms with Crippen LogP contribution in [0.4, 0.5) is 0 Å². The van der Waals surface area contributed by atoms with Gasteiger partial charge in [-0.3, -0.25) is 9.59 Å². The second-order valence-electron chi connectivity index (χ2n) is 6.62. The highest BCUT2D eigenvalue weighted by Crippen LogP contribution is 2.18. The summed E-state index contributed by atoms with van der Waals surface area (Å²) < 4.78 is 31.8. The molecule has 0 saturated heterocycles. The SMILES string of the molecule is CCOc1ccccc1C(=O)NCC(=O)NCc1ccc(S(=O)(=O)N(CC)CC)cc1. The molecule has 0 aromatic heterocycles. The summed E-state index contributed by atoms with van der Waals surface area (Å²) in [6, 6.07) is 13.2. The van der Waals surface area contributed by atoms with E-state index in [2.05, 4.69) is 10.6 Å². The number of carbonyl (C=O) groups is 2. The van der Waals surface area contributed by atoms with Gasteiger partial charge in [0.2, 0.25) is 15.9 Å². The van der Waals surface area contributed by atoms with Gasteiger partial charge in [-0.05, 0) is 36.8 Å². The average molecular weight is 448 g/mol. The van der Waals surface area contributed by atoms with Crippen LogP contribution in [-0.4, -0.2) is 50.8 Å². The molecule has 0 atom stereocenters. The van der Waals surface area contributed by atoms with Gasteiger partial charge in [0.05, 0.1) is 23.6 Å². The van der Waals surface area contributed by atoms with Crippen molar-refractivity contribution in [3.05, 3.63) is 59.7 Å². The average Bonchev–Trinajstić information content (AvgIpc) is 2.77. The minimum atomic E-state index is -3.51. The fourth-order valence-corrected chi connectivity index (χ4v) is 4.40. The Kier molecular flexibility index (Phi) is 9.02. The molecule has 2 aromatic rings. The molecule has 31 heavy (non-hydrogen) atoms. The van der Waals surface area contributed by atoms with Crippen molar-refractivity contribution >= 4 is 21.8 Å². The van der Waals surface area contributed by atoms with Gasteiger partial charge in [0.15, 0.2) is 0 Å². The predicted octanol–water partition coefficient (Wildman–Crippen LogP) is 2.16. The van der Waals surface area contributed by atoms with Crippen LogP contribution in [0.15, 0.2) is 53.4 Å². The Hall–Kier alpha value is -2.91. The Bertz CT molecular complexity index is 986. The van der Waals surface area contributed by atoms with Gasteiger partial charge >= 0.3 is 0 Å². The van der Waals surface area contributed by atoms with Gasteiger partial charge in [-0.1, -0.05) is 38.1 Å². The lowest BCUT2D eigenvalue weighted by Gasteiger charge is -2.18. The van der Waals surface area contributed by atoms with Gasteiger partial charge in [0, 0.05) is 19.6 Å². The van der Waals surface area contributed by atoms with Crippen molar-refractivity contribution in [2.24, 2.45) is 0 Å². The van der Waals surface area contributed by atoms with Crippen molar-refractivity contribution < 1.29 is 22.7 Å². The quantitative estimate of drug-likeness (QED) is 0.549. The third kappa shape index (κ3) is 6.53. The van der Waals surface area contributed by atoms with Crippen LogP contribution in [0.25, 0.3) is 0 Å². The molecule has 0 aliphatic carbocycles. The van der Waals surface area contributed by atoms with Gasteiger partial charge in [0.1, 0.15) is 5.75 Å². The lowest BCUT2D eigenvalue weighted by Crippen LogP contribution is -2.36. The Morgan fingerprint density at radius 1 is 0.935 bits per heavy atom. The van der Waals surface area contributed by atoms with E-state index >= 15 is 0 Å². The van der Waals surface area contributed by atoms with Crippen LogP contribution in [0.5, 0.6) is 5.75 Å². The lowest BCUT2D eigenvalue weighted by molar-refractivity contribution is -0.120. The number of sulfonamides is 1. The number of carbonyl (C=O) groups excluding carboxylic acids is 2. The largest absolute Gasteiger partial charge is 0.493 e. The molecule has 8 nitrogen and oxygen atoms in total. The van der Waals surface area contributed by atoms with Gasteiger partial charge in [-0.2, -0.15) is 4.31 Å². The monoisotopic (exact) mass is 447 g/mol. The molecule has 168 valence electrons. The van der Waals surface area contributed by atoms with E-state index in [0.717, 1.165) is 5.56 Å². The van der Waals surface area contributed by atoms with E-state index in [0.29, 0.717) is 31.0 Å². The number of ether oxygens (including phenoxy) is 1. The minimum Gasteiger partial charge on any atom is -0.493 e. The van der Waals surface area contributed by atoms with E-state index < -0.39 is 15.9 Å². The van der Waals surface area contributed by atoms with Crippen LogP contribution in [0, 0.1) is 0 Å². The van der Waals surface area contributed by atoms with E-state index in [4.69, 9.17) is 4.74 Å².